The molecule has 0 unspecified atom stereocenters. The molecule has 0 saturated carbocycles. The first-order valence-electron chi connectivity index (χ1n) is 5.76. The SMILES string of the molecule is O=C(O)c1ccn2c(-c3ccc(O)cc3)nc(Cl)c2c1. The molecule has 0 aliphatic rings. The number of aromatic hydroxyl groups is 1. The Labute approximate surface area is 118 Å². The molecule has 6 heteroatoms. The summed E-state index contributed by atoms with van der Waals surface area (Å²) in [5.41, 5.74) is 1.44. The van der Waals surface area contributed by atoms with E-state index < -0.39 is 5.97 Å². The highest BCUT2D eigenvalue weighted by atomic mass is 35.5. The van der Waals surface area contributed by atoms with Crippen LogP contribution in [0.15, 0.2) is 42.6 Å². The van der Waals surface area contributed by atoms with Crippen molar-refractivity contribution in [3.05, 3.63) is 53.3 Å². The minimum atomic E-state index is -1.02. The topological polar surface area (TPSA) is 74.8 Å². The Morgan fingerprint density at radius 3 is 2.55 bits per heavy atom. The van der Waals surface area contributed by atoms with Crippen LogP contribution in [0.1, 0.15) is 10.4 Å². The zero-order valence-corrected chi connectivity index (χ0v) is 10.9. The number of carboxylic acid groups (broad SMARTS) is 1. The lowest BCUT2D eigenvalue weighted by Crippen LogP contribution is -1.97. The predicted octanol–water partition coefficient (Wildman–Crippen LogP) is 3.06. The third-order valence-electron chi connectivity index (χ3n) is 2.97. The van der Waals surface area contributed by atoms with Crippen LogP contribution in [0.2, 0.25) is 5.15 Å². The molecular formula is C14H9ClN2O3. The lowest BCUT2D eigenvalue weighted by atomic mass is 10.2. The second-order valence-corrected chi connectivity index (χ2v) is 4.61. The number of fused-ring (bicyclic) bond motifs is 1. The van der Waals surface area contributed by atoms with Crippen molar-refractivity contribution in [3.8, 4) is 17.1 Å². The number of phenolic OH excluding ortho intramolecular Hbond substituents is 1. The number of phenols is 1. The molecule has 3 rings (SSSR count). The van der Waals surface area contributed by atoms with Gasteiger partial charge in [-0.2, -0.15) is 0 Å². The second kappa shape index (κ2) is 4.54. The number of hydrogen-bond acceptors (Lipinski definition) is 3. The summed E-state index contributed by atoms with van der Waals surface area (Å²) in [5.74, 6) is -0.272. The molecule has 0 atom stereocenters. The maximum atomic E-state index is 11.0. The van der Waals surface area contributed by atoms with E-state index in [9.17, 15) is 9.90 Å². The largest absolute Gasteiger partial charge is 0.508 e. The highest BCUT2D eigenvalue weighted by Gasteiger charge is 2.13. The van der Waals surface area contributed by atoms with Crippen LogP contribution in [0, 0.1) is 0 Å². The summed E-state index contributed by atoms with van der Waals surface area (Å²) in [6.07, 6.45) is 1.61. The van der Waals surface area contributed by atoms with Crippen molar-refractivity contribution >= 4 is 23.1 Å². The van der Waals surface area contributed by atoms with Gasteiger partial charge >= 0.3 is 5.97 Å². The quantitative estimate of drug-likeness (QED) is 0.760. The lowest BCUT2D eigenvalue weighted by molar-refractivity contribution is 0.0697. The van der Waals surface area contributed by atoms with Crippen LogP contribution in [0.25, 0.3) is 16.9 Å². The number of halogens is 1. The molecule has 0 bridgehead atoms. The Balaban J connectivity index is 2.22. The molecule has 0 aliphatic carbocycles. The number of imidazole rings is 1. The summed E-state index contributed by atoms with van der Waals surface area (Å²) < 4.78 is 1.71. The van der Waals surface area contributed by atoms with Gasteiger partial charge in [0.25, 0.3) is 0 Å². The predicted molar refractivity (Wildman–Crippen MR) is 74.3 cm³/mol. The molecule has 20 heavy (non-hydrogen) atoms. The molecule has 0 fully saturated rings. The number of nitrogens with zero attached hydrogens (tertiary/aromatic N) is 2. The van der Waals surface area contributed by atoms with Gasteiger partial charge in [0, 0.05) is 11.8 Å². The van der Waals surface area contributed by atoms with E-state index >= 15 is 0 Å². The Morgan fingerprint density at radius 1 is 1.20 bits per heavy atom. The van der Waals surface area contributed by atoms with E-state index in [1.165, 1.54) is 12.1 Å². The van der Waals surface area contributed by atoms with Crippen LogP contribution < -0.4 is 0 Å². The van der Waals surface area contributed by atoms with Crippen LogP contribution in [-0.2, 0) is 0 Å². The van der Waals surface area contributed by atoms with Crippen LogP contribution >= 0.6 is 11.6 Å². The number of benzene rings is 1. The van der Waals surface area contributed by atoms with Crippen molar-refractivity contribution in [1.29, 1.82) is 0 Å². The van der Waals surface area contributed by atoms with E-state index in [-0.39, 0.29) is 16.5 Å². The Morgan fingerprint density at radius 2 is 1.90 bits per heavy atom. The van der Waals surface area contributed by atoms with E-state index in [2.05, 4.69) is 4.98 Å². The normalized spacial score (nSPS) is 10.8. The number of rotatable bonds is 2. The zero-order chi connectivity index (χ0) is 14.3. The van der Waals surface area contributed by atoms with Crippen molar-refractivity contribution in [1.82, 2.24) is 9.38 Å². The maximum absolute atomic E-state index is 11.0. The van der Waals surface area contributed by atoms with Gasteiger partial charge in [-0.05, 0) is 36.4 Å². The number of pyridine rings is 1. The third kappa shape index (κ3) is 1.98. The average Bonchev–Trinajstić information content (AvgIpc) is 2.76. The van der Waals surface area contributed by atoms with E-state index in [0.717, 1.165) is 5.56 Å². The molecule has 5 nitrogen and oxygen atoms in total. The third-order valence-corrected chi connectivity index (χ3v) is 3.25. The number of carbonyl (C=O) groups is 1. The fourth-order valence-electron chi connectivity index (χ4n) is 2.00. The Bertz CT molecular complexity index is 809. The van der Waals surface area contributed by atoms with Crippen LogP contribution in [0.5, 0.6) is 5.75 Å². The lowest BCUT2D eigenvalue weighted by Gasteiger charge is -2.02. The van der Waals surface area contributed by atoms with Gasteiger partial charge in [-0.3, -0.25) is 4.40 Å². The summed E-state index contributed by atoms with van der Waals surface area (Å²) in [7, 11) is 0. The highest BCUT2D eigenvalue weighted by Crippen LogP contribution is 2.27. The first-order valence-corrected chi connectivity index (χ1v) is 6.14. The van der Waals surface area contributed by atoms with Crippen molar-refractivity contribution in [2.75, 3.05) is 0 Å². The molecule has 3 aromatic rings. The summed E-state index contributed by atoms with van der Waals surface area (Å²) in [6, 6.07) is 9.49. The fraction of sp³-hybridized carbons (Fsp3) is 0. The number of aromatic carboxylic acids is 1. The van der Waals surface area contributed by atoms with Gasteiger partial charge in [0.05, 0.1) is 11.1 Å². The van der Waals surface area contributed by atoms with Gasteiger partial charge in [0.15, 0.2) is 5.15 Å². The molecule has 0 aliphatic heterocycles. The van der Waals surface area contributed by atoms with Gasteiger partial charge in [-0.15, -0.1) is 0 Å². The number of carboxylic acids is 1. The maximum Gasteiger partial charge on any atom is 0.335 e. The first kappa shape index (κ1) is 12.5. The molecule has 2 heterocycles. The zero-order valence-electron chi connectivity index (χ0n) is 10.1. The van der Waals surface area contributed by atoms with Crippen LogP contribution in [0.3, 0.4) is 0 Å². The standard InChI is InChI=1S/C14H9ClN2O3/c15-12-11-7-9(14(19)20)5-6-17(11)13(16-12)8-1-3-10(18)4-2-8/h1-7,18H,(H,19,20). The van der Waals surface area contributed by atoms with Gasteiger partial charge in [0.2, 0.25) is 0 Å². The number of aromatic nitrogens is 2. The molecule has 1 aromatic carbocycles. The van der Waals surface area contributed by atoms with E-state index in [1.54, 1.807) is 34.9 Å². The van der Waals surface area contributed by atoms with Gasteiger partial charge in [0.1, 0.15) is 11.6 Å². The smallest absolute Gasteiger partial charge is 0.335 e. The summed E-state index contributed by atoms with van der Waals surface area (Å²) >= 11 is 6.06. The van der Waals surface area contributed by atoms with Crippen molar-refractivity contribution in [2.45, 2.75) is 0 Å². The van der Waals surface area contributed by atoms with Gasteiger partial charge in [-0.1, -0.05) is 11.6 Å². The summed E-state index contributed by atoms with van der Waals surface area (Å²) in [4.78, 5) is 15.2. The average molecular weight is 289 g/mol. The molecule has 0 radical (unpaired) electrons. The molecule has 0 spiro atoms. The van der Waals surface area contributed by atoms with E-state index in [1.807, 2.05) is 0 Å². The first-order chi connectivity index (χ1) is 9.56. The molecular weight excluding hydrogens is 280 g/mol. The molecule has 100 valence electrons. The summed E-state index contributed by atoms with van der Waals surface area (Å²) in [6.45, 7) is 0. The second-order valence-electron chi connectivity index (χ2n) is 4.25. The number of hydrogen-bond donors (Lipinski definition) is 2. The Kier molecular flexibility index (Phi) is 2.84. The Hall–Kier alpha value is -2.53. The van der Waals surface area contributed by atoms with Crippen LogP contribution in [0.4, 0.5) is 0 Å². The van der Waals surface area contributed by atoms with Crippen molar-refractivity contribution < 1.29 is 15.0 Å². The van der Waals surface area contributed by atoms with Gasteiger partial charge < -0.3 is 10.2 Å². The molecule has 0 saturated heterocycles. The molecule has 0 amide bonds. The summed E-state index contributed by atoms with van der Waals surface area (Å²) in [5, 5.41) is 18.5. The molecule has 2 aromatic heterocycles. The monoisotopic (exact) mass is 288 g/mol. The van der Waals surface area contributed by atoms with E-state index in [4.69, 9.17) is 16.7 Å². The van der Waals surface area contributed by atoms with Crippen LogP contribution in [-0.4, -0.2) is 25.6 Å². The minimum absolute atomic E-state index is 0.150. The van der Waals surface area contributed by atoms with E-state index in [0.29, 0.717) is 11.3 Å². The van der Waals surface area contributed by atoms with Gasteiger partial charge in [-0.25, -0.2) is 9.78 Å². The highest BCUT2D eigenvalue weighted by molar-refractivity contribution is 6.33. The van der Waals surface area contributed by atoms with Crippen molar-refractivity contribution in [2.24, 2.45) is 0 Å². The fourth-order valence-corrected chi connectivity index (χ4v) is 2.22. The minimum Gasteiger partial charge on any atom is -0.508 e. The van der Waals surface area contributed by atoms with Crippen molar-refractivity contribution in [3.63, 3.8) is 0 Å². The molecule has 2 N–H and O–H groups in total.